The Bertz CT molecular complexity index is 191. The molecule has 2 unspecified atom stereocenters. The van der Waals surface area contributed by atoms with E-state index in [1.165, 1.54) is 13.0 Å². The first-order valence-electron chi connectivity index (χ1n) is 3.32. The van der Waals surface area contributed by atoms with Crippen LogP contribution in [0, 0.1) is 5.92 Å². The lowest BCUT2D eigenvalue weighted by molar-refractivity contribution is 0.117. The second-order valence-corrected chi connectivity index (χ2v) is 2.80. The Morgan fingerprint density at radius 2 is 2.30 bits per heavy atom. The van der Waals surface area contributed by atoms with Crippen LogP contribution in [0.5, 0.6) is 0 Å². The van der Waals surface area contributed by atoms with Crippen LogP contribution in [-0.4, -0.2) is 10.8 Å². The molecule has 0 aromatic carbocycles. The van der Waals surface area contributed by atoms with Crippen LogP contribution in [0.1, 0.15) is 13.8 Å². The molecular weight excluding hydrogens is 131 g/mol. The molecule has 0 amide bonds. The molecule has 0 aliphatic heterocycles. The molecule has 0 saturated heterocycles. The van der Waals surface area contributed by atoms with Crippen LogP contribution in [0.4, 0.5) is 4.39 Å². The van der Waals surface area contributed by atoms with Gasteiger partial charge in [0.05, 0.1) is 0 Å². The van der Waals surface area contributed by atoms with Gasteiger partial charge in [-0.15, -0.1) is 0 Å². The van der Waals surface area contributed by atoms with Crippen LogP contribution in [0.3, 0.4) is 0 Å². The van der Waals surface area contributed by atoms with Gasteiger partial charge in [-0.25, -0.2) is 4.39 Å². The average Bonchev–Trinajstić information content (AvgIpc) is 1.84. The van der Waals surface area contributed by atoms with Gasteiger partial charge in [0.25, 0.3) is 0 Å². The second kappa shape index (κ2) is 2.11. The Morgan fingerprint density at radius 3 is 2.70 bits per heavy atom. The maximum absolute atomic E-state index is 13.3. The summed E-state index contributed by atoms with van der Waals surface area (Å²) in [4.78, 5) is 0. The number of rotatable bonds is 0. The van der Waals surface area contributed by atoms with Crippen molar-refractivity contribution in [1.82, 2.24) is 0 Å². The smallest absolute Gasteiger partial charge is 0.170 e. The van der Waals surface area contributed by atoms with Crippen LogP contribution >= 0.6 is 0 Å². The molecule has 1 rings (SSSR count). The first-order chi connectivity index (χ1) is 4.55. The van der Waals surface area contributed by atoms with Crippen molar-refractivity contribution in [1.29, 1.82) is 0 Å². The van der Waals surface area contributed by atoms with E-state index in [0.717, 1.165) is 0 Å². The lowest BCUT2D eigenvalue weighted by atomic mass is 9.87. The third kappa shape index (κ3) is 0.939. The number of aliphatic hydroxyl groups is 1. The summed E-state index contributed by atoms with van der Waals surface area (Å²) in [5.74, 6) is -0.417. The molecule has 1 aliphatic rings. The molecule has 0 aromatic rings. The highest BCUT2D eigenvalue weighted by atomic mass is 19.1. The largest absolute Gasteiger partial charge is 0.509 e. The number of allylic oxidation sites excluding steroid dienone is 4. The Labute approximate surface area is 59.9 Å². The van der Waals surface area contributed by atoms with Crippen molar-refractivity contribution >= 4 is 0 Å². The number of hydrogen-bond acceptors (Lipinski definition) is 1. The lowest BCUT2D eigenvalue weighted by Gasteiger charge is -2.26. The zero-order valence-corrected chi connectivity index (χ0v) is 6.13. The minimum Gasteiger partial charge on any atom is -0.509 e. The SMILES string of the molecule is CC1C=CC=C(O)C1(C)F. The molecule has 10 heavy (non-hydrogen) atoms. The van der Waals surface area contributed by atoms with E-state index in [9.17, 15) is 4.39 Å². The number of hydrogen-bond donors (Lipinski definition) is 1. The van der Waals surface area contributed by atoms with Gasteiger partial charge in [0.15, 0.2) is 5.67 Å². The minimum absolute atomic E-state index is 0.178. The molecule has 0 fully saturated rings. The van der Waals surface area contributed by atoms with Gasteiger partial charge in [-0.2, -0.15) is 0 Å². The first kappa shape index (κ1) is 7.32. The standard InChI is InChI=1S/C8H11FO/c1-6-4-3-5-7(10)8(6,2)9/h3-6,10H,1-2H3. The molecule has 2 heteroatoms. The van der Waals surface area contributed by atoms with E-state index < -0.39 is 5.67 Å². The van der Waals surface area contributed by atoms with Crippen LogP contribution in [0.2, 0.25) is 0 Å². The molecule has 1 aliphatic carbocycles. The van der Waals surface area contributed by atoms with Crippen LogP contribution in [0.25, 0.3) is 0 Å². The summed E-state index contributed by atoms with van der Waals surface area (Å²) in [5, 5.41) is 9.04. The highest BCUT2D eigenvalue weighted by molar-refractivity contribution is 5.24. The summed E-state index contributed by atoms with van der Waals surface area (Å²) in [5.41, 5.74) is -1.57. The zero-order chi connectivity index (χ0) is 7.78. The van der Waals surface area contributed by atoms with Crippen molar-refractivity contribution in [3.05, 3.63) is 24.0 Å². The highest BCUT2D eigenvalue weighted by Crippen LogP contribution is 2.32. The van der Waals surface area contributed by atoms with E-state index in [-0.39, 0.29) is 11.7 Å². The van der Waals surface area contributed by atoms with Crippen molar-refractivity contribution in [3.63, 3.8) is 0 Å². The Kier molecular flexibility index (Phi) is 1.55. The van der Waals surface area contributed by atoms with Gasteiger partial charge in [0.2, 0.25) is 0 Å². The van der Waals surface area contributed by atoms with Crippen LogP contribution in [0.15, 0.2) is 24.0 Å². The number of alkyl halides is 1. The molecule has 0 saturated carbocycles. The molecule has 2 atom stereocenters. The van der Waals surface area contributed by atoms with Crippen LogP contribution < -0.4 is 0 Å². The van der Waals surface area contributed by atoms with Crippen molar-refractivity contribution in [2.75, 3.05) is 0 Å². The van der Waals surface area contributed by atoms with E-state index >= 15 is 0 Å². The molecule has 1 nitrogen and oxygen atoms in total. The van der Waals surface area contributed by atoms with E-state index in [2.05, 4.69) is 0 Å². The van der Waals surface area contributed by atoms with Gasteiger partial charge in [-0.3, -0.25) is 0 Å². The van der Waals surface area contributed by atoms with Gasteiger partial charge in [0, 0.05) is 5.92 Å². The van der Waals surface area contributed by atoms with E-state index in [1.807, 2.05) is 0 Å². The molecule has 0 spiro atoms. The predicted molar refractivity (Wildman–Crippen MR) is 38.5 cm³/mol. The predicted octanol–water partition coefficient (Wildman–Crippen LogP) is 2.36. The maximum Gasteiger partial charge on any atom is 0.170 e. The van der Waals surface area contributed by atoms with Crippen molar-refractivity contribution in [2.45, 2.75) is 19.5 Å². The molecule has 56 valence electrons. The van der Waals surface area contributed by atoms with Gasteiger partial charge in [0.1, 0.15) is 5.76 Å². The Hall–Kier alpha value is -0.790. The van der Waals surface area contributed by atoms with Gasteiger partial charge in [-0.05, 0) is 13.0 Å². The molecule has 1 N–H and O–H groups in total. The monoisotopic (exact) mass is 142 g/mol. The summed E-state index contributed by atoms with van der Waals surface area (Å²) in [7, 11) is 0. The van der Waals surface area contributed by atoms with E-state index in [1.54, 1.807) is 19.1 Å². The summed E-state index contributed by atoms with van der Waals surface area (Å²) >= 11 is 0. The van der Waals surface area contributed by atoms with Gasteiger partial charge < -0.3 is 5.11 Å². The molecule has 0 bridgehead atoms. The lowest BCUT2D eigenvalue weighted by Crippen LogP contribution is -2.30. The third-order valence-electron chi connectivity index (χ3n) is 2.01. The highest BCUT2D eigenvalue weighted by Gasteiger charge is 2.35. The Morgan fingerprint density at radius 1 is 1.70 bits per heavy atom. The van der Waals surface area contributed by atoms with Gasteiger partial charge >= 0.3 is 0 Å². The fourth-order valence-corrected chi connectivity index (χ4v) is 0.890. The van der Waals surface area contributed by atoms with Crippen molar-refractivity contribution in [3.8, 4) is 0 Å². The first-order valence-corrected chi connectivity index (χ1v) is 3.32. The summed E-state index contributed by atoms with van der Waals surface area (Å²) in [6, 6.07) is 0. The fraction of sp³-hybridized carbons (Fsp3) is 0.500. The molecule has 0 radical (unpaired) electrons. The average molecular weight is 142 g/mol. The normalized spacial score (nSPS) is 39.5. The number of halogens is 1. The van der Waals surface area contributed by atoms with Crippen LogP contribution in [-0.2, 0) is 0 Å². The van der Waals surface area contributed by atoms with Gasteiger partial charge in [-0.1, -0.05) is 19.1 Å². The Balaban J connectivity index is 2.93. The minimum atomic E-state index is -1.57. The summed E-state index contributed by atoms with van der Waals surface area (Å²) in [6.07, 6.45) is 4.79. The fourth-order valence-electron chi connectivity index (χ4n) is 0.890. The molecule has 0 heterocycles. The zero-order valence-electron chi connectivity index (χ0n) is 6.13. The number of aliphatic hydroxyl groups excluding tert-OH is 1. The topological polar surface area (TPSA) is 20.2 Å². The van der Waals surface area contributed by atoms with E-state index in [0.29, 0.717) is 0 Å². The van der Waals surface area contributed by atoms with Crippen molar-refractivity contribution in [2.24, 2.45) is 5.92 Å². The maximum atomic E-state index is 13.3. The van der Waals surface area contributed by atoms with Crippen molar-refractivity contribution < 1.29 is 9.50 Å². The molecule has 0 aromatic heterocycles. The van der Waals surface area contributed by atoms with E-state index in [4.69, 9.17) is 5.11 Å². The second-order valence-electron chi connectivity index (χ2n) is 2.80. The third-order valence-corrected chi connectivity index (χ3v) is 2.01. The summed E-state index contributed by atoms with van der Waals surface area (Å²) < 4.78 is 13.3. The summed E-state index contributed by atoms with van der Waals surface area (Å²) in [6.45, 7) is 3.12. The quantitative estimate of drug-likeness (QED) is 0.550. The molecular formula is C8H11FO.